The molecule has 0 unspecified atom stereocenters. The van der Waals surface area contributed by atoms with Crippen LogP contribution in [0.25, 0.3) is 11.0 Å². The fraction of sp³-hybridized carbons (Fsp3) is 0.385. The molecule has 1 saturated carbocycles. The molecule has 0 bridgehead atoms. The molecule has 0 amide bonds. The van der Waals surface area contributed by atoms with Crippen LogP contribution in [0.15, 0.2) is 18.2 Å². The van der Waals surface area contributed by atoms with Gasteiger partial charge in [0.25, 0.3) is 0 Å². The fourth-order valence-electron chi connectivity index (χ4n) is 2.32. The van der Waals surface area contributed by atoms with Gasteiger partial charge in [-0.25, -0.2) is 4.98 Å². The summed E-state index contributed by atoms with van der Waals surface area (Å²) in [7, 11) is 2.06. The Kier molecular flexibility index (Phi) is 1.97. The van der Waals surface area contributed by atoms with Crippen LogP contribution in [0.2, 0.25) is 0 Å². The third-order valence-corrected chi connectivity index (χ3v) is 3.51. The highest BCUT2D eigenvalue weighted by Gasteiger charge is 2.24. The molecule has 1 aromatic carbocycles. The highest BCUT2D eigenvalue weighted by atomic mass is 15.1. The normalized spacial score (nSPS) is 16.0. The Bertz CT molecular complexity index is 585. The molecule has 0 spiro atoms. The Hall–Kier alpha value is -1.82. The van der Waals surface area contributed by atoms with Gasteiger partial charge in [-0.3, -0.25) is 0 Å². The first-order chi connectivity index (χ1) is 7.79. The van der Waals surface area contributed by atoms with Gasteiger partial charge in [0.1, 0.15) is 5.82 Å². The van der Waals surface area contributed by atoms with Crippen LogP contribution in [-0.4, -0.2) is 9.55 Å². The predicted octanol–water partition coefficient (Wildman–Crippen LogP) is 2.71. The summed E-state index contributed by atoms with van der Waals surface area (Å²) in [5.74, 6) is 1.80. The first kappa shape index (κ1) is 9.41. The minimum absolute atomic E-state index is 0.628. The van der Waals surface area contributed by atoms with Crippen molar-refractivity contribution in [2.75, 3.05) is 0 Å². The molecule has 1 aliphatic rings. The van der Waals surface area contributed by atoms with Gasteiger partial charge in [-0.05, 0) is 31.0 Å². The van der Waals surface area contributed by atoms with E-state index in [2.05, 4.69) is 22.7 Å². The third-order valence-electron chi connectivity index (χ3n) is 3.51. The van der Waals surface area contributed by atoms with Crippen LogP contribution in [0.1, 0.15) is 36.6 Å². The zero-order chi connectivity index (χ0) is 11.1. The smallest absolute Gasteiger partial charge is 0.112 e. The molecule has 3 heteroatoms. The van der Waals surface area contributed by atoms with Crippen molar-refractivity contribution < 1.29 is 0 Å². The number of hydrogen-bond donors (Lipinski definition) is 0. The number of aromatic nitrogens is 2. The van der Waals surface area contributed by atoms with Crippen molar-refractivity contribution in [3.05, 3.63) is 29.6 Å². The van der Waals surface area contributed by atoms with Gasteiger partial charge < -0.3 is 4.57 Å². The van der Waals surface area contributed by atoms with E-state index in [1.807, 2.05) is 18.2 Å². The maximum atomic E-state index is 8.86. The number of hydrogen-bond acceptors (Lipinski definition) is 2. The van der Waals surface area contributed by atoms with Crippen molar-refractivity contribution in [2.24, 2.45) is 7.05 Å². The molecule has 0 aliphatic heterocycles. The van der Waals surface area contributed by atoms with E-state index >= 15 is 0 Å². The molecule has 2 aromatic rings. The Morgan fingerprint density at radius 3 is 2.88 bits per heavy atom. The number of rotatable bonds is 1. The molecule has 1 heterocycles. The lowest BCUT2D eigenvalue weighted by molar-refractivity contribution is 0.395. The number of nitrogens with zero attached hydrogens (tertiary/aromatic N) is 3. The first-order valence-corrected chi connectivity index (χ1v) is 5.66. The highest BCUT2D eigenvalue weighted by molar-refractivity contribution is 5.77. The van der Waals surface area contributed by atoms with Crippen LogP contribution in [0.3, 0.4) is 0 Å². The number of benzene rings is 1. The molecule has 80 valence electrons. The van der Waals surface area contributed by atoms with E-state index in [1.165, 1.54) is 25.1 Å². The second-order valence-corrected chi connectivity index (χ2v) is 4.47. The van der Waals surface area contributed by atoms with E-state index in [0.29, 0.717) is 11.5 Å². The van der Waals surface area contributed by atoms with Gasteiger partial charge in [0.05, 0.1) is 22.7 Å². The summed E-state index contributed by atoms with van der Waals surface area (Å²) in [6, 6.07) is 7.87. The average Bonchev–Trinajstić information content (AvgIpc) is 2.54. The SMILES string of the molecule is Cn1c(C2CCC2)nc2cc(C#N)ccc21. The Balaban J connectivity index is 2.18. The van der Waals surface area contributed by atoms with Crippen LogP contribution < -0.4 is 0 Å². The largest absolute Gasteiger partial charge is 0.331 e. The summed E-state index contributed by atoms with van der Waals surface area (Å²) in [4.78, 5) is 4.65. The molecule has 16 heavy (non-hydrogen) atoms. The highest BCUT2D eigenvalue weighted by Crippen LogP contribution is 2.36. The first-order valence-electron chi connectivity index (χ1n) is 5.66. The molecular formula is C13H13N3. The monoisotopic (exact) mass is 211 g/mol. The second-order valence-electron chi connectivity index (χ2n) is 4.47. The van der Waals surface area contributed by atoms with Crippen molar-refractivity contribution in [3.8, 4) is 6.07 Å². The summed E-state index contributed by atoms with van der Waals surface area (Å²) >= 11 is 0. The second kappa shape index (κ2) is 3.34. The summed E-state index contributed by atoms with van der Waals surface area (Å²) < 4.78 is 2.17. The van der Waals surface area contributed by atoms with E-state index in [0.717, 1.165) is 11.0 Å². The summed E-state index contributed by atoms with van der Waals surface area (Å²) in [6.07, 6.45) is 3.82. The van der Waals surface area contributed by atoms with Gasteiger partial charge in [0.15, 0.2) is 0 Å². The summed E-state index contributed by atoms with van der Waals surface area (Å²) in [5, 5.41) is 8.86. The van der Waals surface area contributed by atoms with Gasteiger partial charge in [-0.15, -0.1) is 0 Å². The summed E-state index contributed by atoms with van der Waals surface area (Å²) in [5.41, 5.74) is 2.76. The molecule has 0 radical (unpaired) electrons. The molecule has 3 nitrogen and oxygen atoms in total. The number of aryl methyl sites for hydroxylation is 1. The van der Waals surface area contributed by atoms with Crippen molar-refractivity contribution in [1.29, 1.82) is 5.26 Å². The van der Waals surface area contributed by atoms with Gasteiger partial charge in [0, 0.05) is 13.0 Å². The standard InChI is InChI=1S/C13H13N3/c1-16-12-6-5-9(8-14)7-11(12)15-13(16)10-3-2-4-10/h5-7,10H,2-4H2,1H3. The van der Waals surface area contributed by atoms with E-state index in [9.17, 15) is 0 Å². The van der Waals surface area contributed by atoms with Crippen molar-refractivity contribution >= 4 is 11.0 Å². The van der Waals surface area contributed by atoms with Crippen LogP contribution in [0.5, 0.6) is 0 Å². The van der Waals surface area contributed by atoms with Crippen molar-refractivity contribution in [2.45, 2.75) is 25.2 Å². The lowest BCUT2D eigenvalue weighted by Gasteiger charge is -2.24. The minimum atomic E-state index is 0.628. The van der Waals surface area contributed by atoms with E-state index < -0.39 is 0 Å². The maximum absolute atomic E-state index is 8.86. The third kappa shape index (κ3) is 1.23. The minimum Gasteiger partial charge on any atom is -0.331 e. The zero-order valence-electron chi connectivity index (χ0n) is 9.27. The van der Waals surface area contributed by atoms with Crippen LogP contribution in [0, 0.1) is 11.3 Å². The van der Waals surface area contributed by atoms with Crippen LogP contribution in [-0.2, 0) is 7.05 Å². The van der Waals surface area contributed by atoms with E-state index in [1.54, 1.807) is 0 Å². The molecule has 0 atom stereocenters. The number of fused-ring (bicyclic) bond motifs is 1. The number of imidazole rings is 1. The van der Waals surface area contributed by atoms with Crippen molar-refractivity contribution in [1.82, 2.24) is 9.55 Å². The maximum Gasteiger partial charge on any atom is 0.112 e. The molecule has 1 aromatic heterocycles. The Labute approximate surface area is 94.3 Å². The average molecular weight is 211 g/mol. The number of nitriles is 1. The molecule has 3 rings (SSSR count). The predicted molar refractivity (Wildman–Crippen MR) is 62.0 cm³/mol. The van der Waals surface area contributed by atoms with Crippen molar-refractivity contribution in [3.63, 3.8) is 0 Å². The van der Waals surface area contributed by atoms with E-state index in [-0.39, 0.29) is 0 Å². The molecule has 0 N–H and O–H groups in total. The summed E-state index contributed by atoms with van der Waals surface area (Å²) in [6.45, 7) is 0. The molecule has 1 aliphatic carbocycles. The fourth-order valence-corrected chi connectivity index (χ4v) is 2.32. The Morgan fingerprint density at radius 1 is 1.44 bits per heavy atom. The van der Waals surface area contributed by atoms with Gasteiger partial charge in [-0.2, -0.15) is 5.26 Å². The van der Waals surface area contributed by atoms with Crippen LogP contribution in [0.4, 0.5) is 0 Å². The van der Waals surface area contributed by atoms with Crippen LogP contribution >= 0.6 is 0 Å². The zero-order valence-corrected chi connectivity index (χ0v) is 9.27. The van der Waals surface area contributed by atoms with E-state index in [4.69, 9.17) is 5.26 Å². The Morgan fingerprint density at radius 2 is 2.25 bits per heavy atom. The quantitative estimate of drug-likeness (QED) is 0.727. The molecule has 0 saturated heterocycles. The molecular weight excluding hydrogens is 198 g/mol. The van der Waals surface area contributed by atoms with Gasteiger partial charge in [-0.1, -0.05) is 6.42 Å². The lowest BCUT2D eigenvalue weighted by atomic mass is 9.85. The lowest BCUT2D eigenvalue weighted by Crippen LogP contribution is -2.13. The topological polar surface area (TPSA) is 41.6 Å². The van der Waals surface area contributed by atoms with Gasteiger partial charge >= 0.3 is 0 Å². The molecule has 1 fully saturated rings. The van der Waals surface area contributed by atoms with Gasteiger partial charge in [0.2, 0.25) is 0 Å².